The van der Waals surface area contributed by atoms with E-state index in [1.807, 2.05) is 23.6 Å². The number of carbonyl (C=O) groups excluding carboxylic acids is 1. The Hall–Kier alpha value is -2.67. The molecule has 0 saturated heterocycles. The molecule has 0 radical (unpaired) electrons. The maximum absolute atomic E-state index is 12.5. The molecule has 0 saturated carbocycles. The van der Waals surface area contributed by atoms with Crippen LogP contribution in [0.3, 0.4) is 0 Å². The van der Waals surface area contributed by atoms with Crippen LogP contribution in [-0.2, 0) is 0 Å². The number of hydrogen-bond acceptors (Lipinski definition) is 6. The molecule has 22 heavy (non-hydrogen) atoms. The van der Waals surface area contributed by atoms with Gasteiger partial charge in [-0.3, -0.25) is 4.79 Å². The molecule has 0 spiro atoms. The minimum Gasteiger partial charge on any atom is -0.497 e. The lowest BCUT2D eigenvalue weighted by Crippen LogP contribution is -2.13. The maximum atomic E-state index is 12.5. The van der Waals surface area contributed by atoms with E-state index in [1.54, 1.807) is 25.3 Å². The molecule has 0 bridgehead atoms. The summed E-state index contributed by atoms with van der Waals surface area (Å²) in [5.41, 5.74) is 0.751. The van der Waals surface area contributed by atoms with Gasteiger partial charge in [-0.25, -0.2) is 0 Å². The first-order valence-corrected chi connectivity index (χ1v) is 7.34. The molecule has 112 valence electrons. The van der Waals surface area contributed by atoms with Gasteiger partial charge in [0.15, 0.2) is 5.82 Å². The molecule has 6 nitrogen and oxygen atoms in total. The van der Waals surface area contributed by atoms with Crippen molar-refractivity contribution in [2.75, 3.05) is 14.2 Å². The van der Waals surface area contributed by atoms with Gasteiger partial charge in [0.05, 0.1) is 19.1 Å². The molecule has 0 aliphatic carbocycles. The summed E-state index contributed by atoms with van der Waals surface area (Å²) in [5.74, 6) is 0.917. The van der Waals surface area contributed by atoms with Crippen molar-refractivity contribution < 1.29 is 14.3 Å². The molecule has 1 aromatic carbocycles. The summed E-state index contributed by atoms with van der Waals surface area (Å²) >= 11 is 1.35. The molecule has 3 rings (SSSR count). The number of carbonyl (C=O) groups is 1. The van der Waals surface area contributed by atoms with Gasteiger partial charge >= 0.3 is 6.01 Å². The maximum Gasteiger partial charge on any atom is 0.336 e. The van der Waals surface area contributed by atoms with E-state index < -0.39 is 0 Å². The third-order valence-corrected chi connectivity index (χ3v) is 3.90. The monoisotopic (exact) mass is 315 g/mol. The lowest BCUT2D eigenvalue weighted by Gasteiger charge is -2.04. The summed E-state index contributed by atoms with van der Waals surface area (Å²) in [6.45, 7) is 0. The van der Waals surface area contributed by atoms with Crippen LogP contribution in [0.15, 0.2) is 41.8 Å². The summed E-state index contributed by atoms with van der Waals surface area (Å²) in [5, 5.41) is 5.95. The number of methoxy groups -OCH3 is 2. The highest BCUT2D eigenvalue weighted by Crippen LogP contribution is 2.24. The Morgan fingerprint density at radius 1 is 1.14 bits per heavy atom. The van der Waals surface area contributed by atoms with Crippen molar-refractivity contribution in [3.05, 3.63) is 46.7 Å². The van der Waals surface area contributed by atoms with E-state index in [-0.39, 0.29) is 11.9 Å². The average Bonchev–Trinajstić information content (AvgIpc) is 3.23. The van der Waals surface area contributed by atoms with Crippen LogP contribution in [0.25, 0.3) is 11.4 Å². The van der Waals surface area contributed by atoms with Crippen LogP contribution >= 0.6 is 11.3 Å². The zero-order chi connectivity index (χ0) is 15.5. The largest absolute Gasteiger partial charge is 0.497 e. The summed E-state index contributed by atoms with van der Waals surface area (Å²) in [7, 11) is 3.06. The number of thiophene rings is 1. The Labute approximate surface area is 130 Å². The molecule has 0 aliphatic heterocycles. The van der Waals surface area contributed by atoms with Gasteiger partial charge in [0.2, 0.25) is 0 Å². The van der Waals surface area contributed by atoms with Crippen molar-refractivity contribution >= 4 is 17.2 Å². The number of aromatic nitrogens is 3. The van der Waals surface area contributed by atoms with E-state index in [0.29, 0.717) is 10.7 Å². The molecule has 0 unspecified atom stereocenters. The predicted octanol–water partition coefficient (Wildman–Crippen LogP) is 2.71. The zero-order valence-corrected chi connectivity index (χ0v) is 12.8. The van der Waals surface area contributed by atoms with Gasteiger partial charge in [0.1, 0.15) is 5.75 Å². The topological polar surface area (TPSA) is 66.2 Å². The fraction of sp³-hybridized carbons (Fsp3) is 0.133. The molecule has 0 aliphatic rings. The highest BCUT2D eigenvalue weighted by atomic mass is 32.1. The summed E-state index contributed by atoms with van der Waals surface area (Å²) in [4.78, 5) is 17.4. The van der Waals surface area contributed by atoms with E-state index in [2.05, 4.69) is 10.1 Å². The number of benzene rings is 1. The van der Waals surface area contributed by atoms with Crippen LogP contribution in [0.5, 0.6) is 11.8 Å². The van der Waals surface area contributed by atoms with Crippen molar-refractivity contribution in [1.82, 2.24) is 14.8 Å². The van der Waals surface area contributed by atoms with Gasteiger partial charge < -0.3 is 9.47 Å². The normalized spacial score (nSPS) is 10.5. The minimum absolute atomic E-state index is 0.149. The van der Waals surface area contributed by atoms with Gasteiger partial charge in [-0.15, -0.1) is 16.4 Å². The van der Waals surface area contributed by atoms with Crippen LogP contribution in [0.2, 0.25) is 0 Å². The second kappa shape index (κ2) is 5.98. The second-order valence-electron chi connectivity index (χ2n) is 4.34. The van der Waals surface area contributed by atoms with Crippen LogP contribution < -0.4 is 9.47 Å². The van der Waals surface area contributed by atoms with Crippen LogP contribution in [-0.4, -0.2) is 34.9 Å². The Balaban J connectivity index is 2.06. The molecule has 0 amide bonds. The average molecular weight is 315 g/mol. The fourth-order valence-electron chi connectivity index (χ4n) is 1.95. The molecule has 2 heterocycles. The van der Waals surface area contributed by atoms with Gasteiger partial charge in [0.25, 0.3) is 5.91 Å². The SMILES string of the molecule is COc1ccc(-c2nc(OC)nn2C(=O)c2cccs2)cc1. The van der Waals surface area contributed by atoms with Gasteiger partial charge in [0, 0.05) is 5.56 Å². The first-order chi connectivity index (χ1) is 10.7. The minimum atomic E-state index is -0.239. The van der Waals surface area contributed by atoms with E-state index in [9.17, 15) is 4.79 Å². The highest BCUT2D eigenvalue weighted by molar-refractivity contribution is 7.12. The third-order valence-electron chi connectivity index (χ3n) is 3.04. The Bertz CT molecular complexity index is 779. The quantitative estimate of drug-likeness (QED) is 0.740. The van der Waals surface area contributed by atoms with Crippen LogP contribution in [0.1, 0.15) is 9.67 Å². The molecule has 0 fully saturated rings. The zero-order valence-electron chi connectivity index (χ0n) is 12.0. The molecule has 3 aromatic rings. The highest BCUT2D eigenvalue weighted by Gasteiger charge is 2.20. The number of hydrogen-bond donors (Lipinski definition) is 0. The molecule has 0 N–H and O–H groups in total. The number of rotatable bonds is 4. The number of ether oxygens (including phenoxy) is 2. The van der Waals surface area contributed by atoms with Crippen molar-refractivity contribution in [1.29, 1.82) is 0 Å². The Morgan fingerprint density at radius 3 is 2.50 bits per heavy atom. The number of nitrogens with zero attached hydrogens (tertiary/aromatic N) is 3. The van der Waals surface area contributed by atoms with E-state index in [4.69, 9.17) is 9.47 Å². The van der Waals surface area contributed by atoms with E-state index >= 15 is 0 Å². The summed E-state index contributed by atoms with van der Waals surface area (Å²) in [6, 6.07) is 11.0. The third kappa shape index (κ3) is 2.58. The standard InChI is InChI=1S/C15H13N3O3S/c1-20-11-7-5-10(6-8-11)13-16-15(21-2)17-18(13)14(19)12-4-3-9-22-12/h3-9H,1-2H3. The van der Waals surface area contributed by atoms with Crippen molar-refractivity contribution in [3.63, 3.8) is 0 Å². The van der Waals surface area contributed by atoms with Gasteiger partial charge in [-0.1, -0.05) is 6.07 Å². The molecular weight excluding hydrogens is 302 g/mol. The van der Waals surface area contributed by atoms with Crippen molar-refractivity contribution in [2.24, 2.45) is 0 Å². The first kappa shape index (κ1) is 14.3. The second-order valence-corrected chi connectivity index (χ2v) is 5.29. The van der Waals surface area contributed by atoms with Crippen LogP contribution in [0.4, 0.5) is 0 Å². The molecule has 2 aromatic heterocycles. The smallest absolute Gasteiger partial charge is 0.336 e. The molecular formula is C15H13N3O3S. The summed E-state index contributed by atoms with van der Waals surface area (Å²) in [6.07, 6.45) is 0. The Morgan fingerprint density at radius 2 is 1.91 bits per heavy atom. The van der Waals surface area contributed by atoms with Crippen LogP contribution in [0, 0.1) is 0 Å². The first-order valence-electron chi connectivity index (χ1n) is 6.46. The van der Waals surface area contributed by atoms with E-state index in [0.717, 1.165) is 11.3 Å². The fourth-order valence-corrected chi connectivity index (χ4v) is 2.60. The molecule has 7 heteroatoms. The van der Waals surface area contributed by atoms with Gasteiger partial charge in [-0.05, 0) is 35.7 Å². The lowest BCUT2D eigenvalue weighted by atomic mass is 10.2. The van der Waals surface area contributed by atoms with Crippen molar-refractivity contribution in [2.45, 2.75) is 0 Å². The summed E-state index contributed by atoms with van der Waals surface area (Å²) < 4.78 is 11.4. The lowest BCUT2D eigenvalue weighted by molar-refractivity contribution is 0.0949. The Kier molecular flexibility index (Phi) is 3.88. The predicted molar refractivity (Wildman–Crippen MR) is 82.6 cm³/mol. The molecule has 0 atom stereocenters. The van der Waals surface area contributed by atoms with Gasteiger partial charge in [-0.2, -0.15) is 9.67 Å². The van der Waals surface area contributed by atoms with E-state index in [1.165, 1.54) is 23.1 Å². The van der Waals surface area contributed by atoms with Crippen molar-refractivity contribution in [3.8, 4) is 23.1 Å².